The van der Waals surface area contributed by atoms with Gasteiger partial charge in [0.1, 0.15) is 5.54 Å². The zero-order chi connectivity index (χ0) is 15.7. The largest absolute Gasteiger partial charge is 0.304 e. The van der Waals surface area contributed by atoms with Crippen LogP contribution in [0.5, 0.6) is 0 Å². The first-order chi connectivity index (χ1) is 10.2. The zero-order valence-corrected chi connectivity index (χ0v) is 14.5. The first-order valence-electron chi connectivity index (χ1n) is 8.76. The Kier molecular flexibility index (Phi) is 8.24. The molecule has 4 heteroatoms. The van der Waals surface area contributed by atoms with Crippen molar-refractivity contribution in [2.75, 3.05) is 45.8 Å². The van der Waals surface area contributed by atoms with Gasteiger partial charge in [-0.05, 0) is 64.4 Å². The number of hydrogen-bond donors (Lipinski definition) is 1. The molecule has 21 heavy (non-hydrogen) atoms. The molecule has 0 radical (unpaired) electrons. The highest BCUT2D eigenvalue weighted by Crippen LogP contribution is 2.39. The minimum Gasteiger partial charge on any atom is -0.304 e. The molecule has 0 bridgehead atoms. The van der Waals surface area contributed by atoms with Crippen LogP contribution in [0.2, 0.25) is 0 Å². The van der Waals surface area contributed by atoms with Crippen LogP contribution in [0.25, 0.3) is 0 Å². The molecule has 0 aromatic rings. The SMILES string of the molecule is CCNC(C#N)(CN(CC)CCCN(CC)CC)C1CC1. The fraction of sp³-hybridized carbons (Fsp3) is 0.941. The second-order valence-corrected chi connectivity index (χ2v) is 6.14. The first-order valence-corrected chi connectivity index (χ1v) is 8.76. The fourth-order valence-corrected chi connectivity index (χ4v) is 3.15. The predicted octanol–water partition coefficient (Wildman–Crippen LogP) is 2.32. The topological polar surface area (TPSA) is 42.3 Å². The number of likely N-dealkylation sites (N-methyl/N-ethyl adjacent to an activating group) is 2. The second-order valence-electron chi connectivity index (χ2n) is 6.14. The van der Waals surface area contributed by atoms with Crippen molar-refractivity contribution >= 4 is 0 Å². The lowest BCUT2D eigenvalue weighted by atomic mass is 9.94. The number of rotatable bonds is 12. The highest BCUT2D eigenvalue weighted by molar-refractivity contribution is 5.16. The maximum absolute atomic E-state index is 9.70. The number of nitrogens with one attached hydrogen (secondary N) is 1. The summed E-state index contributed by atoms with van der Waals surface area (Å²) in [6, 6.07) is 2.60. The summed E-state index contributed by atoms with van der Waals surface area (Å²) < 4.78 is 0. The van der Waals surface area contributed by atoms with Crippen molar-refractivity contribution in [3.63, 3.8) is 0 Å². The van der Waals surface area contributed by atoms with Crippen molar-refractivity contribution in [3.05, 3.63) is 0 Å². The summed E-state index contributed by atoms with van der Waals surface area (Å²) >= 11 is 0. The average Bonchev–Trinajstić information content (AvgIpc) is 3.34. The van der Waals surface area contributed by atoms with Crippen LogP contribution >= 0.6 is 0 Å². The molecule has 4 nitrogen and oxygen atoms in total. The lowest BCUT2D eigenvalue weighted by molar-refractivity contribution is 0.191. The third kappa shape index (κ3) is 5.58. The minimum absolute atomic E-state index is 0.319. The standard InChI is InChI=1S/C17H34N4/c1-5-19-17(14-18,16-10-11-16)15-21(8-4)13-9-12-20(6-2)7-3/h16,19H,5-13,15H2,1-4H3. The van der Waals surface area contributed by atoms with Crippen LogP contribution in [-0.4, -0.2) is 61.2 Å². The molecule has 0 aromatic carbocycles. The van der Waals surface area contributed by atoms with Gasteiger partial charge < -0.3 is 9.80 Å². The quantitative estimate of drug-likeness (QED) is 0.600. The van der Waals surface area contributed by atoms with Crippen LogP contribution in [-0.2, 0) is 0 Å². The van der Waals surface area contributed by atoms with Crippen molar-refractivity contribution in [1.29, 1.82) is 5.26 Å². The Hall–Kier alpha value is -0.630. The van der Waals surface area contributed by atoms with Crippen LogP contribution in [0.4, 0.5) is 0 Å². The maximum atomic E-state index is 9.70. The van der Waals surface area contributed by atoms with Gasteiger partial charge in [0.25, 0.3) is 0 Å². The van der Waals surface area contributed by atoms with Gasteiger partial charge in [-0.2, -0.15) is 5.26 Å². The van der Waals surface area contributed by atoms with Crippen LogP contribution in [0.15, 0.2) is 0 Å². The molecule has 0 heterocycles. The summed E-state index contributed by atoms with van der Waals surface area (Å²) in [5, 5.41) is 13.2. The minimum atomic E-state index is -0.319. The molecule has 1 aliphatic carbocycles. The molecule has 1 saturated carbocycles. The molecular formula is C17H34N4. The van der Waals surface area contributed by atoms with E-state index < -0.39 is 0 Å². The Bertz CT molecular complexity index is 317. The molecular weight excluding hydrogens is 260 g/mol. The summed E-state index contributed by atoms with van der Waals surface area (Å²) in [7, 11) is 0. The van der Waals surface area contributed by atoms with Gasteiger partial charge in [0.2, 0.25) is 0 Å². The summed E-state index contributed by atoms with van der Waals surface area (Å²) in [6.07, 6.45) is 3.60. The smallest absolute Gasteiger partial charge is 0.122 e. The van der Waals surface area contributed by atoms with Gasteiger partial charge in [-0.15, -0.1) is 0 Å². The zero-order valence-electron chi connectivity index (χ0n) is 14.5. The predicted molar refractivity (Wildman–Crippen MR) is 89.3 cm³/mol. The van der Waals surface area contributed by atoms with Gasteiger partial charge >= 0.3 is 0 Å². The Labute approximate surface area is 131 Å². The molecule has 1 fully saturated rings. The van der Waals surface area contributed by atoms with E-state index >= 15 is 0 Å². The first kappa shape index (κ1) is 18.4. The van der Waals surface area contributed by atoms with Crippen LogP contribution in [0, 0.1) is 17.2 Å². The van der Waals surface area contributed by atoms with E-state index in [2.05, 4.69) is 48.9 Å². The molecule has 1 atom stereocenters. The Morgan fingerprint density at radius 1 is 1.05 bits per heavy atom. The Balaban J connectivity index is 2.49. The van der Waals surface area contributed by atoms with Crippen molar-refractivity contribution in [1.82, 2.24) is 15.1 Å². The van der Waals surface area contributed by atoms with Gasteiger partial charge in [0.15, 0.2) is 0 Å². The highest BCUT2D eigenvalue weighted by Gasteiger charge is 2.45. The summed E-state index contributed by atoms with van der Waals surface area (Å²) in [5.74, 6) is 0.555. The van der Waals surface area contributed by atoms with E-state index in [4.69, 9.17) is 0 Å². The summed E-state index contributed by atoms with van der Waals surface area (Å²) in [4.78, 5) is 4.92. The molecule has 1 unspecified atom stereocenters. The van der Waals surface area contributed by atoms with Gasteiger partial charge in [0.05, 0.1) is 6.07 Å². The van der Waals surface area contributed by atoms with Crippen molar-refractivity contribution in [2.24, 2.45) is 5.92 Å². The van der Waals surface area contributed by atoms with Crippen LogP contribution < -0.4 is 5.32 Å². The van der Waals surface area contributed by atoms with Gasteiger partial charge in [-0.1, -0.05) is 27.7 Å². The molecule has 0 saturated heterocycles. The molecule has 1 rings (SSSR count). The van der Waals surface area contributed by atoms with Crippen molar-refractivity contribution in [2.45, 2.75) is 52.5 Å². The lowest BCUT2D eigenvalue weighted by Crippen LogP contribution is -2.54. The van der Waals surface area contributed by atoms with Crippen molar-refractivity contribution in [3.8, 4) is 6.07 Å². The molecule has 0 aromatic heterocycles. The molecule has 0 amide bonds. The Morgan fingerprint density at radius 3 is 2.05 bits per heavy atom. The molecule has 1 aliphatic rings. The third-order valence-corrected chi connectivity index (χ3v) is 4.73. The van der Waals surface area contributed by atoms with Gasteiger partial charge in [0, 0.05) is 6.54 Å². The molecule has 122 valence electrons. The van der Waals surface area contributed by atoms with Gasteiger partial charge in [-0.3, -0.25) is 5.32 Å². The number of nitrogens with zero attached hydrogens (tertiary/aromatic N) is 3. The fourth-order valence-electron chi connectivity index (χ4n) is 3.15. The van der Waals surface area contributed by atoms with E-state index in [9.17, 15) is 5.26 Å². The number of nitriles is 1. The Morgan fingerprint density at radius 2 is 1.62 bits per heavy atom. The van der Waals surface area contributed by atoms with E-state index in [0.717, 1.165) is 45.8 Å². The third-order valence-electron chi connectivity index (χ3n) is 4.73. The normalized spacial score (nSPS) is 18.0. The van der Waals surface area contributed by atoms with Crippen molar-refractivity contribution < 1.29 is 0 Å². The van der Waals surface area contributed by atoms with E-state index in [0.29, 0.717) is 5.92 Å². The maximum Gasteiger partial charge on any atom is 0.122 e. The average molecular weight is 294 g/mol. The van der Waals surface area contributed by atoms with Crippen LogP contribution in [0.1, 0.15) is 47.0 Å². The molecule has 0 aliphatic heterocycles. The van der Waals surface area contributed by atoms with E-state index in [1.54, 1.807) is 0 Å². The molecule has 1 N–H and O–H groups in total. The van der Waals surface area contributed by atoms with E-state index in [1.807, 2.05) is 0 Å². The molecule has 0 spiro atoms. The number of hydrogen-bond acceptors (Lipinski definition) is 4. The summed E-state index contributed by atoms with van der Waals surface area (Å²) in [5.41, 5.74) is -0.319. The van der Waals surface area contributed by atoms with E-state index in [1.165, 1.54) is 19.3 Å². The van der Waals surface area contributed by atoms with Crippen LogP contribution in [0.3, 0.4) is 0 Å². The lowest BCUT2D eigenvalue weighted by Gasteiger charge is -2.34. The monoisotopic (exact) mass is 294 g/mol. The van der Waals surface area contributed by atoms with Gasteiger partial charge in [-0.25, -0.2) is 0 Å². The summed E-state index contributed by atoms with van der Waals surface area (Å²) in [6.45, 7) is 16.0. The van der Waals surface area contributed by atoms with E-state index in [-0.39, 0.29) is 5.54 Å². The second kappa shape index (κ2) is 9.40. The highest BCUT2D eigenvalue weighted by atomic mass is 15.2.